The number of carbonyl (C=O) groups excluding carboxylic acids is 2. The number of hydrogen-bond donors (Lipinski definition) is 3. The molecule has 0 unspecified atom stereocenters. The molecule has 0 aromatic carbocycles. The Morgan fingerprint density at radius 1 is 1.39 bits per heavy atom. The van der Waals surface area contributed by atoms with Crippen LogP contribution in [-0.2, 0) is 19.1 Å². The summed E-state index contributed by atoms with van der Waals surface area (Å²) >= 11 is 0. The number of rotatable bonds is 5. The van der Waals surface area contributed by atoms with E-state index < -0.39 is 29.9 Å². The maximum absolute atomic E-state index is 12.0. The van der Waals surface area contributed by atoms with Gasteiger partial charge in [0.05, 0.1) is 5.69 Å². The summed E-state index contributed by atoms with van der Waals surface area (Å²) in [6.45, 7) is 6.15. The van der Waals surface area contributed by atoms with Gasteiger partial charge in [0.2, 0.25) is 5.91 Å². The van der Waals surface area contributed by atoms with Crippen LogP contribution < -0.4 is 5.32 Å². The molecule has 2 aromatic rings. The zero-order chi connectivity index (χ0) is 20.6. The number of aliphatic hydroxyl groups is 2. The summed E-state index contributed by atoms with van der Waals surface area (Å²) in [7, 11) is 0. The van der Waals surface area contributed by atoms with Crippen LogP contribution in [0.3, 0.4) is 0 Å². The molecular formula is C18H24N4O6. The molecule has 2 aromatic heterocycles. The normalized spacial score (nSPS) is 27.3. The van der Waals surface area contributed by atoms with E-state index in [1.54, 1.807) is 32.9 Å². The van der Waals surface area contributed by atoms with Crippen molar-refractivity contribution in [1.29, 1.82) is 0 Å². The quantitative estimate of drug-likeness (QED) is 0.624. The molecule has 0 saturated carbocycles. The highest BCUT2D eigenvalue weighted by Crippen LogP contribution is 2.40. The van der Waals surface area contributed by atoms with Gasteiger partial charge >= 0.3 is 5.97 Å². The molecule has 10 nitrogen and oxygen atoms in total. The molecule has 3 rings (SSSR count). The molecule has 1 amide bonds. The maximum Gasteiger partial charge on any atom is 0.302 e. The lowest BCUT2D eigenvalue weighted by atomic mass is 9.97. The molecule has 1 fully saturated rings. The van der Waals surface area contributed by atoms with E-state index in [1.165, 1.54) is 17.8 Å². The average Bonchev–Trinajstić information content (AvgIpc) is 3.16. The summed E-state index contributed by atoms with van der Waals surface area (Å²) in [5.41, 5.74) is -0.289. The van der Waals surface area contributed by atoms with E-state index in [4.69, 9.17) is 9.47 Å². The van der Waals surface area contributed by atoms with Crippen molar-refractivity contribution in [3.8, 4) is 0 Å². The maximum atomic E-state index is 12.0. The molecule has 1 aliphatic heterocycles. The molecule has 28 heavy (non-hydrogen) atoms. The second-order valence-electron chi connectivity index (χ2n) is 7.37. The first-order valence-corrected chi connectivity index (χ1v) is 8.95. The fourth-order valence-corrected chi connectivity index (χ4v) is 3.08. The van der Waals surface area contributed by atoms with Gasteiger partial charge < -0.3 is 25.0 Å². The van der Waals surface area contributed by atoms with Gasteiger partial charge in [-0.05, 0) is 19.1 Å². The van der Waals surface area contributed by atoms with Crippen LogP contribution in [0.5, 0.6) is 0 Å². The van der Waals surface area contributed by atoms with Crippen LogP contribution in [0.25, 0.3) is 5.52 Å². The molecule has 1 aliphatic rings. The monoisotopic (exact) mass is 392 g/mol. The molecule has 0 radical (unpaired) electrons. The summed E-state index contributed by atoms with van der Waals surface area (Å²) in [6, 6.07) is 3.36. The van der Waals surface area contributed by atoms with Crippen LogP contribution in [-0.4, -0.2) is 61.1 Å². The van der Waals surface area contributed by atoms with Gasteiger partial charge in [-0.15, -0.1) is 0 Å². The Hall–Kier alpha value is -2.56. The Balaban J connectivity index is 1.92. The Bertz CT molecular complexity index is 897. The van der Waals surface area contributed by atoms with Gasteiger partial charge in [0.25, 0.3) is 0 Å². The van der Waals surface area contributed by atoms with E-state index in [0.29, 0.717) is 17.0 Å². The Morgan fingerprint density at radius 2 is 2.11 bits per heavy atom. The van der Waals surface area contributed by atoms with E-state index in [0.717, 1.165) is 0 Å². The Morgan fingerprint density at radius 3 is 2.75 bits per heavy atom. The molecule has 4 atom stereocenters. The smallest absolute Gasteiger partial charge is 0.302 e. The van der Waals surface area contributed by atoms with E-state index in [-0.39, 0.29) is 18.4 Å². The van der Waals surface area contributed by atoms with Crippen molar-refractivity contribution in [2.45, 2.75) is 51.6 Å². The van der Waals surface area contributed by atoms with Crippen LogP contribution in [0.2, 0.25) is 0 Å². The lowest BCUT2D eigenvalue weighted by Crippen LogP contribution is -2.44. The summed E-state index contributed by atoms with van der Waals surface area (Å²) < 4.78 is 12.3. The van der Waals surface area contributed by atoms with E-state index >= 15 is 0 Å². The molecule has 0 bridgehead atoms. The number of fused-ring (bicyclic) bond motifs is 1. The van der Waals surface area contributed by atoms with Crippen molar-refractivity contribution in [3.63, 3.8) is 0 Å². The van der Waals surface area contributed by atoms with Gasteiger partial charge in [-0.2, -0.15) is 5.10 Å². The Kier molecular flexibility index (Phi) is 5.37. The third-order valence-electron chi connectivity index (χ3n) is 4.76. The summed E-state index contributed by atoms with van der Waals surface area (Å²) in [6.07, 6.45) is -2.17. The number of amides is 1. The van der Waals surface area contributed by atoms with Crippen molar-refractivity contribution < 1.29 is 29.3 Å². The van der Waals surface area contributed by atoms with Crippen molar-refractivity contribution in [2.24, 2.45) is 5.92 Å². The Labute approximate surface area is 161 Å². The fourth-order valence-electron chi connectivity index (χ4n) is 3.08. The van der Waals surface area contributed by atoms with E-state index in [2.05, 4.69) is 15.4 Å². The highest BCUT2D eigenvalue weighted by Gasteiger charge is 2.53. The summed E-state index contributed by atoms with van der Waals surface area (Å²) in [4.78, 5) is 27.2. The third kappa shape index (κ3) is 3.58. The van der Waals surface area contributed by atoms with Gasteiger partial charge in [0.1, 0.15) is 42.4 Å². The van der Waals surface area contributed by atoms with Crippen LogP contribution in [0.1, 0.15) is 39.5 Å². The largest absolute Gasteiger partial charge is 0.463 e. The minimum atomic E-state index is -1.28. The number of ether oxygens (including phenoxy) is 2. The van der Waals surface area contributed by atoms with Gasteiger partial charge in [-0.3, -0.25) is 9.59 Å². The van der Waals surface area contributed by atoms with Crippen molar-refractivity contribution in [1.82, 2.24) is 14.6 Å². The molecule has 10 heteroatoms. The van der Waals surface area contributed by atoms with Crippen LogP contribution in [0.4, 0.5) is 5.82 Å². The summed E-state index contributed by atoms with van der Waals surface area (Å²) in [5.74, 6) is -0.594. The van der Waals surface area contributed by atoms with E-state index in [9.17, 15) is 19.8 Å². The molecule has 0 spiro atoms. The van der Waals surface area contributed by atoms with Crippen LogP contribution in [0, 0.1) is 5.92 Å². The molecule has 1 saturated heterocycles. The second-order valence-corrected chi connectivity index (χ2v) is 7.37. The first-order valence-electron chi connectivity index (χ1n) is 8.95. The topological polar surface area (TPSA) is 135 Å². The fraction of sp³-hybridized carbons (Fsp3) is 0.556. The lowest BCUT2D eigenvalue weighted by Gasteiger charge is -2.26. The number of aliphatic hydroxyl groups excluding tert-OH is 2. The number of esters is 1. The molecule has 3 N–H and O–H groups in total. The lowest BCUT2D eigenvalue weighted by molar-refractivity contribution is -0.157. The van der Waals surface area contributed by atoms with Crippen molar-refractivity contribution >= 4 is 23.2 Å². The SMILES string of the molecule is CC(=O)OC[C@@]1(C)O[C@@H](c2ccc3c(NC(=O)C(C)C)ncnn23)[C@H](O)[C@@H]1O. The average molecular weight is 392 g/mol. The van der Waals surface area contributed by atoms with Crippen LogP contribution >= 0.6 is 0 Å². The molecule has 152 valence electrons. The van der Waals surface area contributed by atoms with Gasteiger partial charge in [-0.1, -0.05) is 13.8 Å². The van der Waals surface area contributed by atoms with Gasteiger partial charge in [-0.25, -0.2) is 9.50 Å². The van der Waals surface area contributed by atoms with Crippen molar-refractivity contribution in [3.05, 3.63) is 24.2 Å². The molecule has 0 aliphatic carbocycles. The zero-order valence-corrected chi connectivity index (χ0v) is 16.1. The number of anilines is 1. The third-order valence-corrected chi connectivity index (χ3v) is 4.76. The van der Waals surface area contributed by atoms with E-state index in [1.807, 2.05) is 0 Å². The molecule has 3 heterocycles. The van der Waals surface area contributed by atoms with Crippen LogP contribution in [0.15, 0.2) is 18.5 Å². The van der Waals surface area contributed by atoms with Crippen molar-refractivity contribution in [2.75, 3.05) is 11.9 Å². The zero-order valence-electron chi connectivity index (χ0n) is 16.1. The number of aromatic nitrogens is 3. The number of nitrogens with zero attached hydrogens (tertiary/aromatic N) is 3. The highest BCUT2D eigenvalue weighted by atomic mass is 16.6. The minimum absolute atomic E-state index is 0.190. The number of hydrogen-bond acceptors (Lipinski definition) is 8. The van der Waals surface area contributed by atoms with Gasteiger partial charge in [0.15, 0.2) is 5.82 Å². The highest BCUT2D eigenvalue weighted by molar-refractivity contribution is 5.94. The second kappa shape index (κ2) is 7.46. The predicted octanol–water partition coefficient (Wildman–Crippen LogP) is 0.439. The number of nitrogens with one attached hydrogen (secondary N) is 1. The summed E-state index contributed by atoms with van der Waals surface area (Å²) in [5, 5.41) is 27.9. The van der Waals surface area contributed by atoms with Gasteiger partial charge in [0, 0.05) is 12.8 Å². The standard InChI is InChI=1S/C18H24N4O6/c1-9(2)17(26)21-16-12-6-5-11(22(12)20-8-19-16)14-13(24)15(25)18(4,28-14)7-27-10(3)23/h5-6,8-9,13-15,24-25H,7H2,1-4H3,(H,19,20,21,26)/t13-,14-,15-,18+/m0/s1. The first kappa shape index (κ1) is 20.2. The number of carbonyl (C=O) groups is 2. The predicted molar refractivity (Wildman–Crippen MR) is 97.3 cm³/mol. The molecular weight excluding hydrogens is 368 g/mol. The first-order chi connectivity index (χ1) is 13.1. The minimum Gasteiger partial charge on any atom is -0.463 e.